The van der Waals surface area contributed by atoms with Crippen LogP contribution in [-0.2, 0) is 9.59 Å². The molecular weight excluding hydrogens is 310 g/mol. The highest BCUT2D eigenvalue weighted by atomic mass is 32.2. The predicted molar refractivity (Wildman–Crippen MR) is 95.0 cm³/mol. The van der Waals surface area contributed by atoms with Crippen molar-refractivity contribution >= 4 is 35.0 Å². The Balaban J connectivity index is 1.68. The van der Waals surface area contributed by atoms with Crippen LogP contribution in [0.5, 0.6) is 0 Å². The van der Waals surface area contributed by atoms with Crippen molar-refractivity contribution in [2.45, 2.75) is 19.3 Å². The Morgan fingerprint density at radius 2 is 1.74 bits per heavy atom. The van der Waals surface area contributed by atoms with Crippen LogP contribution in [-0.4, -0.2) is 54.4 Å². The summed E-state index contributed by atoms with van der Waals surface area (Å²) >= 11 is 1.84. The fourth-order valence-electron chi connectivity index (χ4n) is 3.08. The first-order chi connectivity index (χ1) is 11.3. The molecule has 2 aliphatic heterocycles. The number of rotatable bonds is 2. The average Bonchev–Trinajstić information content (AvgIpc) is 2.97. The molecule has 0 bridgehead atoms. The zero-order valence-corrected chi connectivity index (χ0v) is 14.1. The molecule has 0 spiro atoms. The quantitative estimate of drug-likeness (QED) is 0.843. The molecule has 2 fully saturated rings. The van der Waals surface area contributed by atoms with Crippen molar-refractivity contribution in [2.75, 3.05) is 47.9 Å². The van der Waals surface area contributed by atoms with E-state index in [-0.39, 0.29) is 0 Å². The van der Waals surface area contributed by atoms with Crippen molar-refractivity contribution in [1.82, 2.24) is 4.90 Å². The Bertz CT molecular complexity index is 565. The second kappa shape index (κ2) is 7.73. The van der Waals surface area contributed by atoms with Gasteiger partial charge in [0.05, 0.1) is 11.4 Å². The van der Waals surface area contributed by atoms with Gasteiger partial charge in [-0.05, 0) is 37.1 Å². The maximum absolute atomic E-state index is 12.4. The van der Waals surface area contributed by atoms with Gasteiger partial charge in [-0.25, -0.2) is 0 Å². The first kappa shape index (κ1) is 16.2. The second-order valence-corrected chi connectivity index (χ2v) is 7.15. The van der Waals surface area contributed by atoms with Gasteiger partial charge in [-0.3, -0.25) is 9.59 Å². The van der Waals surface area contributed by atoms with Crippen LogP contribution in [0.15, 0.2) is 24.3 Å². The number of para-hydroxylation sites is 2. The Labute approximate surface area is 141 Å². The second-order valence-electron chi connectivity index (χ2n) is 5.92. The van der Waals surface area contributed by atoms with Gasteiger partial charge in [0.25, 0.3) is 0 Å². The minimum absolute atomic E-state index is 0.413. The summed E-state index contributed by atoms with van der Waals surface area (Å²) in [6.07, 6.45) is 3.30. The van der Waals surface area contributed by atoms with Crippen molar-refractivity contribution in [3.05, 3.63) is 24.3 Å². The van der Waals surface area contributed by atoms with Crippen LogP contribution in [0.25, 0.3) is 0 Å². The third-order valence-electron chi connectivity index (χ3n) is 4.30. The molecule has 3 rings (SSSR count). The topological polar surface area (TPSA) is 52.7 Å². The van der Waals surface area contributed by atoms with Crippen molar-refractivity contribution in [2.24, 2.45) is 0 Å². The molecule has 0 aromatic heterocycles. The smallest absolute Gasteiger partial charge is 0.313 e. The number of hydrogen-bond donors (Lipinski definition) is 1. The van der Waals surface area contributed by atoms with Gasteiger partial charge in [-0.2, -0.15) is 11.8 Å². The normalized spacial score (nSPS) is 18.6. The van der Waals surface area contributed by atoms with E-state index in [0.717, 1.165) is 42.4 Å². The molecule has 1 N–H and O–H groups in total. The zero-order valence-electron chi connectivity index (χ0n) is 13.3. The molecule has 0 aliphatic carbocycles. The molecule has 2 amide bonds. The number of benzene rings is 1. The molecule has 23 heavy (non-hydrogen) atoms. The van der Waals surface area contributed by atoms with E-state index >= 15 is 0 Å². The summed E-state index contributed by atoms with van der Waals surface area (Å²) in [7, 11) is 0. The van der Waals surface area contributed by atoms with Gasteiger partial charge < -0.3 is 15.1 Å². The lowest BCUT2D eigenvalue weighted by Crippen LogP contribution is -2.41. The van der Waals surface area contributed by atoms with Gasteiger partial charge in [0.15, 0.2) is 0 Å². The standard InChI is InChI=1S/C17H23N3O2S/c21-16(17(22)20-10-5-12-23-13-11-20)18-14-6-1-2-7-15(14)19-8-3-4-9-19/h1-2,6-7H,3-5,8-13H2,(H,18,21). The third-order valence-corrected chi connectivity index (χ3v) is 5.35. The maximum atomic E-state index is 12.4. The molecule has 0 atom stereocenters. The van der Waals surface area contributed by atoms with Crippen LogP contribution in [0.4, 0.5) is 11.4 Å². The molecule has 2 saturated heterocycles. The van der Waals surface area contributed by atoms with Crippen LogP contribution < -0.4 is 10.2 Å². The predicted octanol–water partition coefficient (Wildman–Crippen LogP) is 2.19. The van der Waals surface area contributed by atoms with Gasteiger partial charge in [-0.1, -0.05) is 12.1 Å². The molecular formula is C17H23N3O2S. The molecule has 1 aromatic carbocycles. The Kier molecular flexibility index (Phi) is 5.43. The zero-order chi connectivity index (χ0) is 16.1. The van der Waals surface area contributed by atoms with Gasteiger partial charge in [0.2, 0.25) is 0 Å². The lowest BCUT2D eigenvalue weighted by Gasteiger charge is -2.23. The first-order valence-corrected chi connectivity index (χ1v) is 9.43. The van der Waals surface area contributed by atoms with Crippen molar-refractivity contribution in [3.8, 4) is 0 Å². The monoisotopic (exact) mass is 333 g/mol. The van der Waals surface area contributed by atoms with E-state index in [2.05, 4.69) is 10.2 Å². The van der Waals surface area contributed by atoms with E-state index in [1.807, 2.05) is 36.0 Å². The summed E-state index contributed by atoms with van der Waals surface area (Å²) in [6, 6.07) is 7.74. The van der Waals surface area contributed by atoms with E-state index in [1.54, 1.807) is 4.90 Å². The SMILES string of the molecule is O=C(Nc1ccccc1N1CCCC1)C(=O)N1CCCSCC1. The molecule has 6 heteroatoms. The number of thioether (sulfide) groups is 1. The third kappa shape index (κ3) is 3.99. The van der Waals surface area contributed by atoms with Crippen LogP contribution in [0.2, 0.25) is 0 Å². The van der Waals surface area contributed by atoms with Crippen molar-refractivity contribution in [3.63, 3.8) is 0 Å². The molecule has 0 unspecified atom stereocenters. The number of nitrogens with one attached hydrogen (secondary N) is 1. The van der Waals surface area contributed by atoms with Crippen LogP contribution in [0, 0.1) is 0 Å². The van der Waals surface area contributed by atoms with Gasteiger partial charge in [0, 0.05) is 31.9 Å². The number of amides is 2. The highest BCUT2D eigenvalue weighted by molar-refractivity contribution is 7.99. The largest absolute Gasteiger partial charge is 0.370 e. The lowest BCUT2D eigenvalue weighted by atomic mass is 10.2. The Morgan fingerprint density at radius 3 is 2.57 bits per heavy atom. The molecule has 2 aliphatic rings. The van der Waals surface area contributed by atoms with E-state index in [0.29, 0.717) is 13.1 Å². The summed E-state index contributed by atoms with van der Waals surface area (Å²) in [5.74, 6) is 1.03. The molecule has 124 valence electrons. The minimum Gasteiger partial charge on any atom is -0.370 e. The summed E-state index contributed by atoms with van der Waals surface area (Å²) in [5, 5.41) is 2.83. The molecule has 1 aromatic rings. The fourth-order valence-corrected chi connectivity index (χ4v) is 3.97. The molecule has 5 nitrogen and oxygen atoms in total. The van der Waals surface area contributed by atoms with Crippen molar-refractivity contribution < 1.29 is 9.59 Å². The molecule has 0 saturated carbocycles. The number of anilines is 2. The summed E-state index contributed by atoms with van der Waals surface area (Å²) in [6.45, 7) is 3.34. The number of hydrogen-bond acceptors (Lipinski definition) is 4. The summed E-state index contributed by atoms with van der Waals surface area (Å²) in [5.41, 5.74) is 1.74. The van der Waals surface area contributed by atoms with Gasteiger partial charge in [0.1, 0.15) is 0 Å². The fraction of sp³-hybridized carbons (Fsp3) is 0.529. The summed E-state index contributed by atoms with van der Waals surface area (Å²) in [4.78, 5) is 28.7. The highest BCUT2D eigenvalue weighted by Gasteiger charge is 2.24. The number of carbonyl (C=O) groups excluding carboxylic acids is 2. The van der Waals surface area contributed by atoms with Crippen LogP contribution in [0.1, 0.15) is 19.3 Å². The molecule has 0 radical (unpaired) electrons. The average molecular weight is 333 g/mol. The van der Waals surface area contributed by atoms with E-state index in [9.17, 15) is 9.59 Å². The summed E-state index contributed by atoms with van der Waals surface area (Å²) < 4.78 is 0. The number of carbonyl (C=O) groups is 2. The van der Waals surface area contributed by atoms with E-state index in [4.69, 9.17) is 0 Å². The van der Waals surface area contributed by atoms with Crippen LogP contribution in [0.3, 0.4) is 0 Å². The minimum atomic E-state index is -0.524. The Morgan fingerprint density at radius 1 is 0.957 bits per heavy atom. The molecule has 2 heterocycles. The van der Waals surface area contributed by atoms with E-state index < -0.39 is 11.8 Å². The van der Waals surface area contributed by atoms with Crippen LogP contribution >= 0.6 is 11.8 Å². The maximum Gasteiger partial charge on any atom is 0.313 e. The lowest BCUT2D eigenvalue weighted by molar-refractivity contribution is -0.142. The Hall–Kier alpha value is -1.69. The van der Waals surface area contributed by atoms with E-state index in [1.165, 1.54) is 12.8 Å². The number of nitrogens with zero attached hydrogens (tertiary/aromatic N) is 2. The highest BCUT2D eigenvalue weighted by Crippen LogP contribution is 2.28. The van der Waals surface area contributed by atoms with Crippen molar-refractivity contribution in [1.29, 1.82) is 0 Å². The first-order valence-electron chi connectivity index (χ1n) is 8.28. The van der Waals surface area contributed by atoms with Gasteiger partial charge in [-0.15, -0.1) is 0 Å². The van der Waals surface area contributed by atoms with Gasteiger partial charge >= 0.3 is 11.8 Å².